The second-order valence-corrected chi connectivity index (χ2v) is 5.75. The predicted molar refractivity (Wildman–Crippen MR) is 74.2 cm³/mol. The van der Waals surface area contributed by atoms with E-state index in [9.17, 15) is 0 Å². The zero-order valence-electron chi connectivity index (χ0n) is 10.4. The Morgan fingerprint density at radius 3 is 2.47 bits per heavy atom. The van der Waals surface area contributed by atoms with Gasteiger partial charge in [0.15, 0.2) is 4.80 Å². The highest BCUT2D eigenvalue weighted by Crippen LogP contribution is 2.22. The van der Waals surface area contributed by atoms with Crippen molar-refractivity contribution in [2.45, 2.75) is 20.8 Å². The Balaban J connectivity index is 2.59. The molecular formula is C13H15ClN2S. The van der Waals surface area contributed by atoms with E-state index >= 15 is 0 Å². The predicted octanol–water partition coefficient (Wildman–Crippen LogP) is 3.90. The Hall–Kier alpha value is -1.06. The van der Waals surface area contributed by atoms with Crippen LogP contribution in [0.2, 0.25) is 5.02 Å². The normalized spacial score (nSPS) is 12.2. The van der Waals surface area contributed by atoms with Crippen molar-refractivity contribution in [2.24, 2.45) is 12.0 Å². The van der Waals surface area contributed by atoms with Crippen molar-refractivity contribution < 1.29 is 0 Å². The molecule has 0 fully saturated rings. The molecule has 0 spiro atoms. The molecule has 0 aliphatic rings. The minimum Gasteiger partial charge on any atom is -0.324 e. The van der Waals surface area contributed by atoms with Crippen LogP contribution in [0.25, 0.3) is 0 Å². The zero-order valence-corrected chi connectivity index (χ0v) is 12.0. The molecule has 4 heteroatoms. The number of hydrogen-bond acceptors (Lipinski definition) is 2. The van der Waals surface area contributed by atoms with Gasteiger partial charge in [-0.3, -0.25) is 0 Å². The van der Waals surface area contributed by atoms with Gasteiger partial charge < -0.3 is 4.57 Å². The van der Waals surface area contributed by atoms with Crippen molar-refractivity contribution in [3.05, 3.63) is 44.2 Å². The average molecular weight is 267 g/mol. The molecule has 0 atom stereocenters. The fourth-order valence-corrected chi connectivity index (χ4v) is 2.81. The molecule has 0 aliphatic heterocycles. The van der Waals surface area contributed by atoms with E-state index in [-0.39, 0.29) is 0 Å². The van der Waals surface area contributed by atoms with Crippen LogP contribution in [0.5, 0.6) is 0 Å². The summed E-state index contributed by atoms with van der Waals surface area (Å²) in [5.41, 5.74) is 3.34. The summed E-state index contributed by atoms with van der Waals surface area (Å²) in [5.74, 6) is 0. The van der Waals surface area contributed by atoms with Crippen molar-refractivity contribution in [3.63, 3.8) is 0 Å². The fraction of sp³-hybridized carbons (Fsp3) is 0.308. The molecule has 1 aromatic carbocycles. The molecule has 0 aliphatic carbocycles. The quantitative estimate of drug-likeness (QED) is 0.745. The van der Waals surface area contributed by atoms with Gasteiger partial charge in [-0.2, -0.15) is 0 Å². The Kier molecular flexibility index (Phi) is 3.40. The maximum Gasteiger partial charge on any atom is 0.190 e. The van der Waals surface area contributed by atoms with E-state index in [0.29, 0.717) is 0 Å². The van der Waals surface area contributed by atoms with E-state index in [1.807, 2.05) is 32.2 Å². The molecule has 0 unspecified atom stereocenters. The largest absolute Gasteiger partial charge is 0.324 e. The highest BCUT2D eigenvalue weighted by molar-refractivity contribution is 7.09. The summed E-state index contributed by atoms with van der Waals surface area (Å²) in [6.07, 6.45) is 0. The second kappa shape index (κ2) is 4.67. The van der Waals surface area contributed by atoms with E-state index in [2.05, 4.69) is 23.4 Å². The minimum absolute atomic E-state index is 0.754. The van der Waals surface area contributed by atoms with Crippen molar-refractivity contribution in [1.82, 2.24) is 4.57 Å². The number of nitrogens with zero attached hydrogens (tertiary/aromatic N) is 2. The molecule has 0 saturated heterocycles. The third-order valence-electron chi connectivity index (χ3n) is 2.92. The van der Waals surface area contributed by atoms with Gasteiger partial charge in [-0.25, -0.2) is 4.99 Å². The molecule has 2 aromatic rings. The highest BCUT2D eigenvalue weighted by Gasteiger charge is 2.03. The van der Waals surface area contributed by atoms with Crippen LogP contribution in [0.15, 0.2) is 23.2 Å². The van der Waals surface area contributed by atoms with Crippen LogP contribution in [0.3, 0.4) is 0 Å². The Labute approximate surface area is 110 Å². The van der Waals surface area contributed by atoms with Crippen molar-refractivity contribution in [3.8, 4) is 0 Å². The van der Waals surface area contributed by atoms with E-state index in [4.69, 9.17) is 11.6 Å². The maximum atomic E-state index is 5.94. The number of aryl methyl sites for hydroxylation is 2. The molecule has 0 radical (unpaired) electrons. The van der Waals surface area contributed by atoms with Crippen molar-refractivity contribution in [1.29, 1.82) is 0 Å². The van der Waals surface area contributed by atoms with Gasteiger partial charge in [-0.1, -0.05) is 11.6 Å². The van der Waals surface area contributed by atoms with Crippen LogP contribution in [0, 0.1) is 20.8 Å². The van der Waals surface area contributed by atoms with Crippen LogP contribution in [0.4, 0.5) is 5.69 Å². The first-order valence-corrected chi connectivity index (χ1v) is 6.62. The number of hydrogen-bond donors (Lipinski definition) is 0. The first-order chi connectivity index (χ1) is 7.99. The van der Waals surface area contributed by atoms with E-state index in [0.717, 1.165) is 21.1 Å². The van der Waals surface area contributed by atoms with Gasteiger partial charge in [0.05, 0.1) is 5.69 Å². The number of benzene rings is 1. The minimum atomic E-state index is 0.754. The van der Waals surface area contributed by atoms with Crippen LogP contribution in [0.1, 0.15) is 16.1 Å². The number of aromatic nitrogens is 1. The third-order valence-corrected chi connectivity index (χ3v) is 4.30. The lowest BCUT2D eigenvalue weighted by Gasteiger charge is -2.00. The van der Waals surface area contributed by atoms with Gasteiger partial charge in [0, 0.05) is 22.6 Å². The van der Waals surface area contributed by atoms with Gasteiger partial charge in [0.2, 0.25) is 0 Å². The van der Waals surface area contributed by atoms with E-state index in [1.54, 1.807) is 11.3 Å². The maximum absolute atomic E-state index is 5.94. The van der Waals surface area contributed by atoms with Crippen LogP contribution >= 0.6 is 22.9 Å². The summed E-state index contributed by atoms with van der Waals surface area (Å²) in [4.78, 5) is 7.01. The molecule has 17 heavy (non-hydrogen) atoms. The van der Waals surface area contributed by atoms with Gasteiger partial charge in [-0.05, 0) is 44.5 Å². The van der Waals surface area contributed by atoms with Crippen LogP contribution in [-0.2, 0) is 7.05 Å². The lowest BCUT2D eigenvalue weighted by molar-refractivity contribution is 0.829. The number of rotatable bonds is 1. The molecule has 0 bridgehead atoms. The van der Waals surface area contributed by atoms with Crippen LogP contribution < -0.4 is 4.80 Å². The summed E-state index contributed by atoms with van der Waals surface area (Å²) >= 11 is 7.65. The SMILES string of the molecule is Cc1cc(Cl)ccc1N=c1sc(C)c(C)n1C. The third kappa shape index (κ3) is 2.45. The lowest BCUT2D eigenvalue weighted by atomic mass is 10.2. The van der Waals surface area contributed by atoms with Crippen molar-refractivity contribution >= 4 is 28.6 Å². The molecule has 1 aromatic heterocycles. The van der Waals surface area contributed by atoms with Gasteiger partial charge >= 0.3 is 0 Å². The van der Waals surface area contributed by atoms with Gasteiger partial charge in [-0.15, -0.1) is 11.3 Å². The molecule has 0 amide bonds. The van der Waals surface area contributed by atoms with E-state index < -0.39 is 0 Å². The summed E-state index contributed by atoms with van der Waals surface area (Å²) in [5, 5.41) is 0.754. The summed E-state index contributed by atoms with van der Waals surface area (Å²) in [6, 6.07) is 5.77. The molecule has 2 nitrogen and oxygen atoms in total. The first-order valence-electron chi connectivity index (χ1n) is 5.43. The Morgan fingerprint density at radius 2 is 1.94 bits per heavy atom. The summed E-state index contributed by atoms with van der Waals surface area (Å²) in [6.45, 7) is 6.26. The van der Waals surface area contributed by atoms with E-state index in [1.165, 1.54) is 10.6 Å². The fourth-order valence-electron chi connectivity index (χ4n) is 1.60. The molecule has 2 rings (SSSR count). The molecule has 0 saturated carbocycles. The van der Waals surface area contributed by atoms with Gasteiger partial charge in [0.1, 0.15) is 0 Å². The Morgan fingerprint density at radius 1 is 1.24 bits per heavy atom. The smallest absolute Gasteiger partial charge is 0.190 e. The monoisotopic (exact) mass is 266 g/mol. The standard InChI is InChI=1S/C13H15ClN2S/c1-8-7-11(14)5-6-12(8)15-13-16(4)9(2)10(3)17-13/h5-7H,1-4H3. The summed E-state index contributed by atoms with van der Waals surface area (Å²) in [7, 11) is 2.04. The zero-order chi connectivity index (χ0) is 12.6. The first kappa shape index (κ1) is 12.4. The van der Waals surface area contributed by atoms with Gasteiger partial charge in [0.25, 0.3) is 0 Å². The average Bonchev–Trinajstić information content (AvgIpc) is 2.50. The van der Waals surface area contributed by atoms with Crippen LogP contribution in [-0.4, -0.2) is 4.57 Å². The summed E-state index contributed by atoms with van der Waals surface area (Å²) < 4.78 is 2.12. The second-order valence-electron chi connectivity index (χ2n) is 4.13. The molecule has 1 heterocycles. The number of halogens is 1. The topological polar surface area (TPSA) is 17.3 Å². The molecule has 90 valence electrons. The molecule has 0 N–H and O–H groups in total. The lowest BCUT2D eigenvalue weighted by Crippen LogP contribution is -2.10. The Bertz CT molecular complexity index is 623. The number of thiazole rings is 1. The highest BCUT2D eigenvalue weighted by atomic mass is 35.5. The molecular weight excluding hydrogens is 252 g/mol. The van der Waals surface area contributed by atoms with Crippen molar-refractivity contribution in [2.75, 3.05) is 0 Å².